The summed E-state index contributed by atoms with van der Waals surface area (Å²) < 4.78 is 14.5. The Morgan fingerprint density at radius 2 is 2.15 bits per heavy atom. The number of nitrogens with zero attached hydrogens (tertiary/aromatic N) is 1. The van der Waals surface area contributed by atoms with Crippen LogP contribution in [0.5, 0.6) is 0 Å². The highest BCUT2D eigenvalue weighted by Crippen LogP contribution is 2.15. The van der Waals surface area contributed by atoms with E-state index in [1.54, 1.807) is 0 Å². The molecule has 68 valence electrons. The maximum Gasteiger partial charge on any atom is 0.308 e. The van der Waals surface area contributed by atoms with Crippen molar-refractivity contribution in [3.8, 4) is 0 Å². The van der Waals surface area contributed by atoms with Crippen LogP contribution in [0, 0.1) is 0 Å². The molecule has 13 heavy (non-hydrogen) atoms. The van der Waals surface area contributed by atoms with Crippen molar-refractivity contribution in [3.63, 3.8) is 0 Å². The van der Waals surface area contributed by atoms with Gasteiger partial charge >= 0.3 is 4.87 Å². The van der Waals surface area contributed by atoms with Gasteiger partial charge < -0.3 is 0 Å². The monoisotopic (exact) mass is 197 g/mol. The predicted octanol–water partition coefficient (Wildman–Crippen LogP) is 2.03. The summed E-state index contributed by atoms with van der Waals surface area (Å²) in [5.41, 5.74) is 0.829. The van der Waals surface area contributed by atoms with Crippen molar-refractivity contribution in [1.82, 2.24) is 4.57 Å². The summed E-state index contributed by atoms with van der Waals surface area (Å²) in [5.74, 6) is 0. The van der Waals surface area contributed by atoms with E-state index in [4.69, 9.17) is 0 Å². The molecule has 0 N–H and O–H groups in total. The van der Waals surface area contributed by atoms with Crippen LogP contribution in [0.15, 0.2) is 29.1 Å². The third kappa shape index (κ3) is 1.37. The van der Waals surface area contributed by atoms with Crippen LogP contribution in [0.2, 0.25) is 0 Å². The molecule has 1 aromatic carbocycles. The van der Waals surface area contributed by atoms with Gasteiger partial charge in [-0.2, -0.15) is 0 Å². The van der Waals surface area contributed by atoms with Gasteiger partial charge in [0.1, 0.15) is 6.67 Å². The first-order chi connectivity index (χ1) is 6.33. The lowest BCUT2D eigenvalue weighted by atomic mass is 10.3. The van der Waals surface area contributed by atoms with Crippen LogP contribution in [0.3, 0.4) is 0 Å². The first kappa shape index (κ1) is 8.44. The molecular formula is C9H8FNOS. The molecule has 0 aliphatic carbocycles. The number of thiazole rings is 1. The third-order valence-corrected chi connectivity index (χ3v) is 2.84. The molecule has 1 heterocycles. The van der Waals surface area contributed by atoms with Crippen molar-refractivity contribution >= 4 is 21.6 Å². The van der Waals surface area contributed by atoms with E-state index in [1.165, 1.54) is 4.57 Å². The van der Waals surface area contributed by atoms with Gasteiger partial charge in [0.15, 0.2) is 0 Å². The van der Waals surface area contributed by atoms with E-state index in [2.05, 4.69) is 0 Å². The number of fused-ring (bicyclic) bond motifs is 1. The Morgan fingerprint density at radius 3 is 2.92 bits per heavy atom. The molecule has 0 unspecified atom stereocenters. The Bertz CT molecular complexity index is 474. The molecule has 0 aliphatic heterocycles. The topological polar surface area (TPSA) is 22.0 Å². The summed E-state index contributed by atoms with van der Waals surface area (Å²) in [5, 5.41) is 0. The van der Waals surface area contributed by atoms with Crippen LogP contribution in [-0.4, -0.2) is 11.2 Å². The molecular weight excluding hydrogens is 189 g/mol. The Labute approximate surface area is 78.2 Å². The number of hydrogen-bond acceptors (Lipinski definition) is 2. The fourth-order valence-electron chi connectivity index (χ4n) is 1.31. The van der Waals surface area contributed by atoms with Crippen LogP contribution in [0.4, 0.5) is 4.39 Å². The van der Waals surface area contributed by atoms with Crippen LogP contribution in [0.25, 0.3) is 10.2 Å². The Hall–Kier alpha value is -1.16. The van der Waals surface area contributed by atoms with Crippen LogP contribution >= 0.6 is 11.3 Å². The van der Waals surface area contributed by atoms with E-state index in [0.29, 0.717) is 0 Å². The van der Waals surface area contributed by atoms with Crippen molar-refractivity contribution in [3.05, 3.63) is 33.9 Å². The quantitative estimate of drug-likeness (QED) is 0.722. The number of halogens is 1. The highest BCUT2D eigenvalue weighted by molar-refractivity contribution is 7.16. The smallest absolute Gasteiger partial charge is 0.296 e. The molecule has 0 radical (unpaired) electrons. The molecule has 0 aliphatic rings. The van der Waals surface area contributed by atoms with E-state index < -0.39 is 6.67 Å². The molecule has 0 spiro atoms. The highest BCUT2D eigenvalue weighted by atomic mass is 32.1. The predicted molar refractivity (Wildman–Crippen MR) is 52.1 cm³/mol. The van der Waals surface area contributed by atoms with Gasteiger partial charge in [-0.15, -0.1) is 0 Å². The maximum absolute atomic E-state index is 12.1. The van der Waals surface area contributed by atoms with E-state index in [-0.39, 0.29) is 11.4 Å². The second-order valence-electron chi connectivity index (χ2n) is 2.68. The SMILES string of the molecule is O=c1sc2ccccc2n1CCF. The maximum atomic E-state index is 12.1. The summed E-state index contributed by atoms with van der Waals surface area (Å²) in [6, 6.07) is 7.43. The average molecular weight is 197 g/mol. The Kier molecular flexibility index (Phi) is 2.14. The molecule has 1 aromatic heterocycles. The lowest BCUT2D eigenvalue weighted by Gasteiger charge is -1.97. The Balaban J connectivity index is 2.71. The van der Waals surface area contributed by atoms with Crippen molar-refractivity contribution in [2.45, 2.75) is 6.54 Å². The standard InChI is InChI=1S/C9H8FNOS/c10-5-6-11-7-3-1-2-4-8(7)13-9(11)12/h1-4H,5-6H2. The molecule has 0 saturated carbocycles. The molecule has 4 heteroatoms. The molecule has 0 amide bonds. The van der Waals surface area contributed by atoms with E-state index in [0.717, 1.165) is 21.6 Å². The van der Waals surface area contributed by atoms with Gasteiger partial charge in [-0.1, -0.05) is 23.5 Å². The zero-order valence-electron chi connectivity index (χ0n) is 6.87. The Morgan fingerprint density at radius 1 is 1.38 bits per heavy atom. The molecule has 0 bridgehead atoms. The molecule has 0 fully saturated rings. The van der Waals surface area contributed by atoms with Gasteiger partial charge in [0.25, 0.3) is 0 Å². The summed E-state index contributed by atoms with van der Waals surface area (Å²) in [6.45, 7) is -0.344. The first-order valence-electron chi connectivity index (χ1n) is 3.97. The average Bonchev–Trinajstić information content (AvgIpc) is 2.44. The second kappa shape index (κ2) is 3.30. The number of para-hydroxylation sites is 1. The number of aromatic nitrogens is 1. The number of benzene rings is 1. The van der Waals surface area contributed by atoms with Gasteiger partial charge in [-0.3, -0.25) is 9.36 Å². The van der Waals surface area contributed by atoms with Crippen LogP contribution in [0.1, 0.15) is 0 Å². The number of alkyl halides is 1. The van der Waals surface area contributed by atoms with E-state index in [9.17, 15) is 9.18 Å². The normalized spacial score (nSPS) is 10.8. The highest BCUT2D eigenvalue weighted by Gasteiger charge is 2.04. The molecule has 2 aromatic rings. The summed E-state index contributed by atoms with van der Waals surface area (Å²) >= 11 is 1.16. The zero-order valence-corrected chi connectivity index (χ0v) is 7.68. The number of hydrogen-bond donors (Lipinski definition) is 0. The minimum atomic E-state index is -0.499. The van der Waals surface area contributed by atoms with E-state index >= 15 is 0 Å². The van der Waals surface area contributed by atoms with Crippen LogP contribution in [-0.2, 0) is 6.54 Å². The molecule has 2 rings (SSSR count). The second-order valence-corrected chi connectivity index (χ2v) is 3.67. The summed E-state index contributed by atoms with van der Waals surface area (Å²) in [7, 11) is 0. The lowest BCUT2D eigenvalue weighted by Crippen LogP contribution is -2.13. The number of rotatable bonds is 2. The molecule has 0 saturated heterocycles. The largest absolute Gasteiger partial charge is 0.308 e. The van der Waals surface area contributed by atoms with Crippen molar-refractivity contribution in [2.75, 3.05) is 6.67 Å². The zero-order chi connectivity index (χ0) is 9.26. The van der Waals surface area contributed by atoms with Crippen molar-refractivity contribution in [1.29, 1.82) is 0 Å². The third-order valence-electron chi connectivity index (χ3n) is 1.88. The fourth-order valence-corrected chi connectivity index (χ4v) is 2.23. The summed E-state index contributed by atoms with van der Waals surface area (Å²) in [4.78, 5) is 11.3. The molecule has 2 nitrogen and oxygen atoms in total. The van der Waals surface area contributed by atoms with Crippen LogP contribution < -0.4 is 4.87 Å². The van der Waals surface area contributed by atoms with Gasteiger partial charge in [-0.05, 0) is 12.1 Å². The molecule has 0 atom stereocenters. The first-order valence-corrected chi connectivity index (χ1v) is 4.79. The van der Waals surface area contributed by atoms with Gasteiger partial charge in [0.05, 0.1) is 16.8 Å². The lowest BCUT2D eigenvalue weighted by molar-refractivity contribution is 0.448. The number of aryl methyl sites for hydroxylation is 1. The van der Waals surface area contributed by atoms with Gasteiger partial charge in [-0.25, -0.2) is 4.39 Å². The minimum absolute atomic E-state index is 0.0844. The van der Waals surface area contributed by atoms with Gasteiger partial charge in [0.2, 0.25) is 0 Å². The summed E-state index contributed by atoms with van der Waals surface area (Å²) in [6.07, 6.45) is 0. The minimum Gasteiger partial charge on any atom is -0.296 e. The van der Waals surface area contributed by atoms with Crippen molar-refractivity contribution < 1.29 is 4.39 Å². The van der Waals surface area contributed by atoms with Crippen molar-refractivity contribution in [2.24, 2.45) is 0 Å². The fraction of sp³-hybridized carbons (Fsp3) is 0.222. The van der Waals surface area contributed by atoms with E-state index in [1.807, 2.05) is 24.3 Å². The van der Waals surface area contributed by atoms with Gasteiger partial charge in [0, 0.05) is 0 Å².